The molecule has 10 heteroatoms. The van der Waals surface area contributed by atoms with Crippen molar-refractivity contribution in [3.63, 3.8) is 0 Å². The van der Waals surface area contributed by atoms with Gasteiger partial charge in [-0.25, -0.2) is 4.98 Å². The molecule has 1 saturated heterocycles. The van der Waals surface area contributed by atoms with Gasteiger partial charge in [0.1, 0.15) is 10.8 Å². The van der Waals surface area contributed by atoms with E-state index in [1.807, 2.05) is 12.1 Å². The Balaban J connectivity index is 1.19. The Morgan fingerprint density at radius 1 is 1.09 bits per heavy atom. The first kappa shape index (κ1) is 23.3. The lowest BCUT2D eigenvalue weighted by atomic mass is 10.2. The molecule has 0 unspecified atom stereocenters. The number of carbonyl (C=O) groups excluding carboxylic acids is 2. The number of nitrogens with one attached hydrogen (secondary N) is 2. The van der Waals surface area contributed by atoms with E-state index in [0.717, 1.165) is 31.7 Å². The highest BCUT2D eigenvalue weighted by molar-refractivity contribution is 8.00. The van der Waals surface area contributed by atoms with Crippen LogP contribution in [-0.2, 0) is 4.79 Å². The minimum atomic E-state index is -0.229. The standard InChI is InChI=1S/C25H26N4O5S/c30-23(28-17-7-8-21-22(13-17)34-16-33-21)15-35-25-18(5-3-9-26-25)24(31)27-14-19(20-6-4-12-32-20)29-10-1-2-11-29/h3-9,12-13,19H,1-2,10-11,14-16H2,(H,27,31)(H,28,30)/t19-/m1/s1. The highest BCUT2D eigenvalue weighted by Crippen LogP contribution is 2.34. The van der Waals surface area contributed by atoms with Gasteiger partial charge in [0.15, 0.2) is 11.5 Å². The van der Waals surface area contributed by atoms with Gasteiger partial charge in [-0.05, 0) is 62.3 Å². The number of aromatic nitrogens is 1. The van der Waals surface area contributed by atoms with Gasteiger partial charge < -0.3 is 24.5 Å². The topological polar surface area (TPSA) is 106 Å². The Morgan fingerprint density at radius 2 is 1.94 bits per heavy atom. The summed E-state index contributed by atoms with van der Waals surface area (Å²) in [5.74, 6) is 1.76. The van der Waals surface area contributed by atoms with Gasteiger partial charge in [0.05, 0.1) is 23.6 Å². The number of carbonyl (C=O) groups is 2. The van der Waals surface area contributed by atoms with Gasteiger partial charge in [-0.1, -0.05) is 11.8 Å². The van der Waals surface area contributed by atoms with Gasteiger partial charge in [-0.2, -0.15) is 0 Å². The number of anilines is 1. The molecule has 4 heterocycles. The molecule has 2 N–H and O–H groups in total. The van der Waals surface area contributed by atoms with Gasteiger partial charge in [0.2, 0.25) is 12.7 Å². The molecule has 2 aliphatic heterocycles. The lowest BCUT2D eigenvalue weighted by molar-refractivity contribution is -0.113. The summed E-state index contributed by atoms with van der Waals surface area (Å²) >= 11 is 1.22. The monoisotopic (exact) mass is 494 g/mol. The Morgan fingerprint density at radius 3 is 2.77 bits per heavy atom. The molecule has 0 bridgehead atoms. The van der Waals surface area contributed by atoms with Crippen LogP contribution in [0.3, 0.4) is 0 Å². The van der Waals surface area contributed by atoms with Crippen molar-refractivity contribution < 1.29 is 23.5 Å². The molecule has 5 rings (SSSR count). The van der Waals surface area contributed by atoms with Crippen LogP contribution in [-0.4, -0.2) is 53.9 Å². The summed E-state index contributed by atoms with van der Waals surface area (Å²) in [6.45, 7) is 2.56. The van der Waals surface area contributed by atoms with E-state index < -0.39 is 0 Å². The molecule has 1 aromatic carbocycles. The zero-order valence-electron chi connectivity index (χ0n) is 19.1. The summed E-state index contributed by atoms with van der Waals surface area (Å²) in [6.07, 6.45) is 5.56. The van der Waals surface area contributed by atoms with Crippen LogP contribution >= 0.6 is 11.8 Å². The summed E-state index contributed by atoms with van der Waals surface area (Å²) in [5, 5.41) is 6.38. The maximum atomic E-state index is 13.1. The number of hydrogen-bond donors (Lipinski definition) is 2. The molecule has 35 heavy (non-hydrogen) atoms. The molecule has 2 aromatic heterocycles. The highest BCUT2D eigenvalue weighted by atomic mass is 32.2. The SMILES string of the molecule is O=C(CSc1ncccc1C(=O)NC[C@H](c1ccco1)N1CCCC1)Nc1ccc2c(c1)OCO2. The van der Waals surface area contributed by atoms with E-state index in [9.17, 15) is 9.59 Å². The fraction of sp³-hybridized carbons (Fsp3) is 0.320. The molecule has 0 aliphatic carbocycles. The number of nitrogens with zero attached hydrogens (tertiary/aromatic N) is 2. The van der Waals surface area contributed by atoms with E-state index in [1.54, 1.807) is 42.8 Å². The first-order valence-corrected chi connectivity index (χ1v) is 12.5. The van der Waals surface area contributed by atoms with Crippen molar-refractivity contribution in [2.45, 2.75) is 23.9 Å². The normalized spacial score (nSPS) is 15.7. The Labute approximate surface area is 207 Å². The Kier molecular flexibility index (Phi) is 7.20. The smallest absolute Gasteiger partial charge is 0.254 e. The number of hydrogen-bond acceptors (Lipinski definition) is 8. The van der Waals surface area contributed by atoms with Crippen molar-refractivity contribution in [3.8, 4) is 11.5 Å². The van der Waals surface area contributed by atoms with Crippen molar-refractivity contribution in [2.75, 3.05) is 37.5 Å². The van der Waals surface area contributed by atoms with Crippen LogP contribution in [0, 0.1) is 0 Å². The second kappa shape index (κ2) is 10.8. The molecule has 0 radical (unpaired) electrons. The van der Waals surface area contributed by atoms with Crippen molar-refractivity contribution in [2.24, 2.45) is 0 Å². The van der Waals surface area contributed by atoms with Gasteiger partial charge >= 0.3 is 0 Å². The van der Waals surface area contributed by atoms with Crippen LogP contribution in [0.5, 0.6) is 11.5 Å². The van der Waals surface area contributed by atoms with Crippen LogP contribution in [0.15, 0.2) is 64.4 Å². The summed E-state index contributed by atoms with van der Waals surface area (Å²) in [4.78, 5) is 32.2. The predicted octanol–water partition coefficient (Wildman–Crippen LogP) is 3.70. The Bertz CT molecular complexity index is 1180. The number of amides is 2. The molecular weight excluding hydrogens is 468 g/mol. The zero-order chi connectivity index (χ0) is 24.0. The molecule has 1 fully saturated rings. The lowest BCUT2D eigenvalue weighted by Crippen LogP contribution is -2.36. The van der Waals surface area contributed by atoms with E-state index in [2.05, 4.69) is 20.5 Å². The van der Waals surface area contributed by atoms with E-state index >= 15 is 0 Å². The molecule has 0 saturated carbocycles. The van der Waals surface area contributed by atoms with E-state index in [4.69, 9.17) is 13.9 Å². The zero-order valence-corrected chi connectivity index (χ0v) is 19.9. The molecule has 1 atom stereocenters. The predicted molar refractivity (Wildman–Crippen MR) is 131 cm³/mol. The second-order valence-electron chi connectivity index (χ2n) is 8.25. The maximum Gasteiger partial charge on any atom is 0.254 e. The van der Waals surface area contributed by atoms with Crippen LogP contribution in [0.2, 0.25) is 0 Å². The van der Waals surface area contributed by atoms with E-state index in [1.165, 1.54) is 11.8 Å². The van der Waals surface area contributed by atoms with Gasteiger partial charge in [0.25, 0.3) is 5.91 Å². The highest BCUT2D eigenvalue weighted by Gasteiger charge is 2.26. The number of rotatable bonds is 9. The quantitative estimate of drug-likeness (QED) is 0.434. The summed E-state index contributed by atoms with van der Waals surface area (Å²) < 4.78 is 16.3. The first-order valence-electron chi connectivity index (χ1n) is 11.5. The molecule has 2 aliphatic rings. The van der Waals surface area contributed by atoms with Crippen LogP contribution < -0.4 is 20.1 Å². The maximum absolute atomic E-state index is 13.1. The minimum absolute atomic E-state index is 0.0169. The second-order valence-corrected chi connectivity index (χ2v) is 9.21. The fourth-order valence-corrected chi connectivity index (χ4v) is 5.00. The average molecular weight is 495 g/mol. The van der Waals surface area contributed by atoms with Crippen molar-refractivity contribution >= 4 is 29.3 Å². The van der Waals surface area contributed by atoms with Crippen molar-refractivity contribution in [3.05, 3.63) is 66.2 Å². The number of benzene rings is 1. The lowest BCUT2D eigenvalue weighted by Gasteiger charge is -2.26. The number of thioether (sulfide) groups is 1. The molecule has 9 nitrogen and oxygen atoms in total. The number of furan rings is 1. The molecular formula is C25H26N4O5S. The Hall–Kier alpha value is -3.50. The third-order valence-corrected chi connectivity index (χ3v) is 6.93. The van der Waals surface area contributed by atoms with Crippen LogP contribution in [0.1, 0.15) is 35.0 Å². The van der Waals surface area contributed by atoms with Gasteiger partial charge in [-0.3, -0.25) is 14.5 Å². The summed E-state index contributed by atoms with van der Waals surface area (Å²) in [5.41, 5.74) is 1.05. The first-order chi connectivity index (χ1) is 17.2. The van der Waals surface area contributed by atoms with Gasteiger partial charge in [0, 0.05) is 24.5 Å². The number of fused-ring (bicyclic) bond motifs is 1. The molecule has 2 amide bonds. The minimum Gasteiger partial charge on any atom is -0.468 e. The van der Waals surface area contributed by atoms with E-state index in [0.29, 0.717) is 34.3 Å². The van der Waals surface area contributed by atoms with Crippen LogP contribution in [0.25, 0.3) is 0 Å². The van der Waals surface area contributed by atoms with Gasteiger partial charge in [-0.15, -0.1) is 0 Å². The van der Waals surface area contributed by atoms with E-state index in [-0.39, 0.29) is 30.4 Å². The van der Waals surface area contributed by atoms with Crippen molar-refractivity contribution in [1.29, 1.82) is 0 Å². The largest absolute Gasteiger partial charge is 0.468 e. The number of ether oxygens (including phenoxy) is 2. The summed E-state index contributed by atoms with van der Waals surface area (Å²) in [7, 11) is 0. The fourth-order valence-electron chi connectivity index (χ4n) is 4.21. The summed E-state index contributed by atoms with van der Waals surface area (Å²) in [6, 6.07) is 12.5. The molecule has 0 spiro atoms. The third kappa shape index (κ3) is 5.60. The average Bonchev–Trinajstić information content (AvgIpc) is 3.66. The molecule has 3 aromatic rings. The van der Waals surface area contributed by atoms with Crippen LogP contribution in [0.4, 0.5) is 5.69 Å². The van der Waals surface area contributed by atoms with Crippen molar-refractivity contribution in [1.82, 2.24) is 15.2 Å². The molecule has 182 valence electrons. The number of likely N-dealkylation sites (tertiary alicyclic amines) is 1. The third-order valence-electron chi connectivity index (χ3n) is 5.92. The number of pyridine rings is 1.